The topological polar surface area (TPSA) is 59.1 Å². The lowest BCUT2D eigenvalue weighted by Crippen LogP contribution is -2.37. The molecule has 0 radical (unpaired) electrons. The van der Waals surface area contributed by atoms with E-state index in [4.69, 9.17) is 9.57 Å². The minimum atomic E-state index is -0.895. The Morgan fingerprint density at radius 3 is 2.05 bits per heavy atom. The molecule has 37 heavy (non-hydrogen) atoms. The van der Waals surface area contributed by atoms with Crippen LogP contribution in [0, 0.1) is 12.8 Å². The lowest BCUT2D eigenvalue weighted by Gasteiger charge is -2.29. The van der Waals surface area contributed by atoms with Gasteiger partial charge in [-0.05, 0) is 54.4 Å². The van der Waals surface area contributed by atoms with Gasteiger partial charge in [0.2, 0.25) is 5.91 Å². The molecule has 0 saturated carbocycles. The van der Waals surface area contributed by atoms with Crippen LogP contribution in [-0.2, 0) is 21.0 Å². The summed E-state index contributed by atoms with van der Waals surface area (Å²) in [7, 11) is 0. The molecule has 6 nitrogen and oxygen atoms in total. The normalized spacial score (nSPS) is 20.8. The van der Waals surface area contributed by atoms with E-state index in [0.29, 0.717) is 12.3 Å². The second kappa shape index (κ2) is 9.56. The van der Waals surface area contributed by atoms with Gasteiger partial charge >= 0.3 is 0 Å². The molecule has 6 heteroatoms. The predicted molar refractivity (Wildman–Crippen MR) is 141 cm³/mol. The van der Waals surface area contributed by atoms with Crippen LogP contribution in [0.3, 0.4) is 0 Å². The van der Waals surface area contributed by atoms with Crippen LogP contribution in [0.1, 0.15) is 22.7 Å². The molecule has 0 N–H and O–H groups in total. The third-order valence-electron chi connectivity index (χ3n) is 6.89. The third kappa shape index (κ3) is 4.26. The Bertz CT molecular complexity index is 1410. The summed E-state index contributed by atoms with van der Waals surface area (Å²) in [6.45, 7) is 2.43. The number of ether oxygens (including phenoxy) is 1. The maximum absolute atomic E-state index is 13.7. The number of carbonyl (C=O) groups is 2. The number of aryl methyl sites for hydroxylation is 1. The minimum Gasteiger partial charge on any atom is -0.489 e. The van der Waals surface area contributed by atoms with Gasteiger partial charge in [0.25, 0.3) is 5.91 Å². The van der Waals surface area contributed by atoms with Crippen molar-refractivity contribution >= 4 is 23.2 Å². The molecule has 6 rings (SSSR count). The standard InChI is InChI=1S/C31H26N2O4/c1-21-12-16-24(17-13-21)32-30(34)27-28(33(37-29(27)31(32)35)25-10-6-3-7-11-25)23-14-18-26(19-15-23)36-20-22-8-4-2-5-9-22/h2-19,27-29H,20H2,1H3/t27-,28-,29+/m0/s1. The maximum atomic E-state index is 13.7. The first kappa shape index (κ1) is 23.0. The van der Waals surface area contributed by atoms with E-state index in [2.05, 4.69) is 0 Å². The Morgan fingerprint density at radius 1 is 0.730 bits per heavy atom. The average molecular weight is 491 g/mol. The molecular formula is C31H26N2O4. The highest BCUT2D eigenvalue weighted by atomic mass is 16.7. The van der Waals surface area contributed by atoms with Crippen LogP contribution >= 0.6 is 0 Å². The molecule has 4 aromatic carbocycles. The number of carbonyl (C=O) groups excluding carboxylic acids is 2. The summed E-state index contributed by atoms with van der Waals surface area (Å²) in [6.07, 6.45) is -0.895. The van der Waals surface area contributed by atoms with Gasteiger partial charge in [0.1, 0.15) is 18.3 Å². The fourth-order valence-corrected chi connectivity index (χ4v) is 5.00. The highest BCUT2D eigenvalue weighted by Crippen LogP contribution is 2.47. The molecule has 0 aliphatic carbocycles. The first-order valence-corrected chi connectivity index (χ1v) is 12.3. The average Bonchev–Trinajstić information content (AvgIpc) is 3.45. The molecule has 0 spiro atoms. The number of amides is 2. The number of fused-ring (bicyclic) bond motifs is 1. The smallest absolute Gasteiger partial charge is 0.266 e. The largest absolute Gasteiger partial charge is 0.489 e. The van der Waals surface area contributed by atoms with Crippen LogP contribution < -0.4 is 14.7 Å². The van der Waals surface area contributed by atoms with Gasteiger partial charge in [-0.3, -0.25) is 14.4 Å². The Morgan fingerprint density at radius 2 is 1.38 bits per heavy atom. The van der Waals surface area contributed by atoms with Crippen LogP contribution in [0.25, 0.3) is 0 Å². The van der Waals surface area contributed by atoms with Crippen LogP contribution in [0.4, 0.5) is 11.4 Å². The van der Waals surface area contributed by atoms with Gasteiger partial charge in [-0.25, -0.2) is 9.96 Å². The van der Waals surface area contributed by atoms with Gasteiger partial charge in [0, 0.05) is 0 Å². The van der Waals surface area contributed by atoms with Crippen molar-refractivity contribution in [2.75, 3.05) is 9.96 Å². The molecule has 2 aliphatic rings. The van der Waals surface area contributed by atoms with Crippen molar-refractivity contribution in [2.24, 2.45) is 5.92 Å². The van der Waals surface area contributed by atoms with Crippen LogP contribution in [0.15, 0.2) is 109 Å². The first-order valence-electron chi connectivity index (χ1n) is 12.3. The van der Waals surface area contributed by atoms with Crippen molar-refractivity contribution in [3.8, 4) is 5.75 Å². The van der Waals surface area contributed by atoms with Gasteiger partial charge in [-0.1, -0.05) is 78.4 Å². The molecule has 3 atom stereocenters. The Balaban J connectivity index is 1.31. The van der Waals surface area contributed by atoms with Crippen LogP contribution in [0.2, 0.25) is 0 Å². The highest BCUT2D eigenvalue weighted by Gasteiger charge is 2.60. The van der Waals surface area contributed by atoms with Gasteiger partial charge < -0.3 is 4.74 Å². The molecule has 2 saturated heterocycles. The van der Waals surface area contributed by atoms with Gasteiger partial charge in [-0.15, -0.1) is 0 Å². The zero-order valence-electron chi connectivity index (χ0n) is 20.4. The van der Waals surface area contributed by atoms with Crippen molar-refractivity contribution in [3.63, 3.8) is 0 Å². The number of anilines is 2. The summed E-state index contributed by atoms with van der Waals surface area (Å²) in [5.74, 6) is -0.550. The van der Waals surface area contributed by atoms with Crippen molar-refractivity contribution < 1.29 is 19.2 Å². The minimum absolute atomic E-state index is 0.258. The summed E-state index contributed by atoms with van der Waals surface area (Å²) in [4.78, 5) is 34.7. The van der Waals surface area contributed by atoms with E-state index in [-0.39, 0.29) is 11.8 Å². The molecule has 4 aromatic rings. The first-order chi connectivity index (χ1) is 18.1. The molecule has 0 unspecified atom stereocenters. The van der Waals surface area contributed by atoms with Gasteiger partial charge in [-0.2, -0.15) is 0 Å². The number of benzene rings is 4. The zero-order chi connectivity index (χ0) is 25.4. The van der Waals surface area contributed by atoms with Gasteiger partial charge in [0.15, 0.2) is 6.10 Å². The number of rotatable bonds is 6. The lowest BCUT2D eigenvalue weighted by molar-refractivity contribution is -0.126. The Kier molecular flexibility index (Phi) is 5.94. The maximum Gasteiger partial charge on any atom is 0.266 e. The summed E-state index contributed by atoms with van der Waals surface area (Å²) in [5, 5.41) is 1.71. The number of imide groups is 1. The van der Waals surface area contributed by atoms with E-state index < -0.39 is 18.1 Å². The molecular weight excluding hydrogens is 464 g/mol. The molecule has 184 valence electrons. The Hall–Kier alpha value is -4.42. The van der Waals surface area contributed by atoms with Crippen molar-refractivity contribution in [1.29, 1.82) is 0 Å². The van der Waals surface area contributed by atoms with E-state index in [1.165, 1.54) is 4.90 Å². The monoisotopic (exact) mass is 490 g/mol. The van der Waals surface area contributed by atoms with Crippen LogP contribution in [-0.4, -0.2) is 17.9 Å². The Labute approximate surface area is 215 Å². The highest BCUT2D eigenvalue weighted by molar-refractivity contribution is 6.23. The predicted octanol–water partition coefficient (Wildman–Crippen LogP) is 5.63. The molecule has 2 heterocycles. The van der Waals surface area contributed by atoms with Crippen molar-refractivity contribution in [3.05, 3.63) is 126 Å². The number of para-hydroxylation sites is 1. The van der Waals surface area contributed by atoms with E-state index in [9.17, 15) is 9.59 Å². The molecule has 0 aromatic heterocycles. The number of hydroxylamine groups is 1. The molecule has 2 fully saturated rings. The van der Waals surface area contributed by atoms with Crippen molar-refractivity contribution in [1.82, 2.24) is 0 Å². The van der Waals surface area contributed by atoms with Crippen LogP contribution in [0.5, 0.6) is 5.75 Å². The van der Waals surface area contributed by atoms with E-state index in [0.717, 1.165) is 28.1 Å². The zero-order valence-corrected chi connectivity index (χ0v) is 20.4. The molecule has 0 bridgehead atoms. The summed E-state index contributed by atoms with van der Waals surface area (Å²) >= 11 is 0. The lowest BCUT2D eigenvalue weighted by atomic mass is 9.90. The second-order valence-corrected chi connectivity index (χ2v) is 9.35. The van der Waals surface area contributed by atoms with E-state index in [1.807, 2.05) is 104 Å². The van der Waals surface area contributed by atoms with E-state index in [1.54, 1.807) is 17.2 Å². The third-order valence-corrected chi connectivity index (χ3v) is 6.89. The SMILES string of the molecule is Cc1ccc(N2C(=O)[C@@H]3[C@@H](ON(c4ccccc4)[C@H]3c3ccc(OCc4ccccc4)cc3)C2=O)cc1. The molecule has 2 aliphatic heterocycles. The number of hydrogen-bond acceptors (Lipinski definition) is 5. The molecule has 2 amide bonds. The number of nitrogens with zero attached hydrogens (tertiary/aromatic N) is 2. The fourth-order valence-electron chi connectivity index (χ4n) is 5.00. The number of hydrogen-bond donors (Lipinski definition) is 0. The summed E-state index contributed by atoms with van der Waals surface area (Å²) < 4.78 is 5.96. The van der Waals surface area contributed by atoms with Gasteiger partial charge in [0.05, 0.1) is 17.4 Å². The van der Waals surface area contributed by atoms with Crippen molar-refractivity contribution in [2.45, 2.75) is 25.7 Å². The quantitative estimate of drug-likeness (QED) is 0.328. The summed E-state index contributed by atoms with van der Waals surface area (Å²) in [5.41, 5.74) is 4.36. The fraction of sp³-hybridized carbons (Fsp3) is 0.161. The second-order valence-electron chi connectivity index (χ2n) is 9.35. The summed E-state index contributed by atoms with van der Waals surface area (Å²) in [6, 6.07) is 34.1. The van der Waals surface area contributed by atoms with E-state index >= 15 is 0 Å².